The molecule has 34 heavy (non-hydrogen) atoms. The van der Waals surface area contributed by atoms with Crippen LogP contribution in [0.3, 0.4) is 0 Å². The number of anilines is 5. The summed E-state index contributed by atoms with van der Waals surface area (Å²) >= 11 is 6.34. The fourth-order valence-electron chi connectivity index (χ4n) is 2.95. The van der Waals surface area contributed by atoms with Gasteiger partial charge in [0.05, 0.1) is 19.0 Å². The van der Waals surface area contributed by atoms with Crippen molar-refractivity contribution < 1.29 is 14.6 Å². The van der Waals surface area contributed by atoms with Gasteiger partial charge in [0.1, 0.15) is 10.8 Å². The Morgan fingerprint density at radius 1 is 1.21 bits per heavy atom. The summed E-state index contributed by atoms with van der Waals surface area (Å²) < 4.78 is 5.40. The summed E-state index contributed by atoms with van der Waals surface area (Å²) in [6, 6.07) is 13.2. The summed E-state index contributed by atoms with van der Waals surface area (Å²) in [6.07, 6.45) is 2.72. The zero-order valence-electron chi connectivity index (χ0n) is 19.7. The number of nitrogens with zero attached hydrogens (tertiary/aromatic N) is 2. The number of benzene rings is 2. The highest BCUT2D eigenvalue weighted by atomic mass is 35.5. The molecule has 0 atom stereocenters. The molecule has 2 aromatic carbocycles. The second-order valence-electron chi connectivity index (χ2n) is 7.31. The molecular formula is C25H30ClN5O3. The van der Waals surface area contributed by atoms with Crippen LogP contribution in [0.15, 0.2) is 61.3 Å². The van der Waals surface area contributed by atoms with Gasteiger partial charge in [0.15, 0.2) is 5.82 Å². The molecule has 4 N–H and O–H groups in total. The second-order valence-corrected chi connectivity index (χ2v) is 7.71. The van der Waals surface area contributed by atoms with E-state index in [1.165, 1.54) is 12.3 Å². The van der Waals surface area contributed by atoms with Gasteiger partial charge in [-0.05, 0) is 48.7 Å². The normalized spacial score (nSPS) is 10.1. The van der Waals surface area contributed by atoms with Crippen LogP contribution in [0.1, 0.15) is 32.3 Å². The predicted molar refractivity (Wildman–Crippen MR) is 139 cm³/mol. The number of aliphatic hydroxyl groups excluding tert-OH is 1. The predicted octanol–water partition coefficient (Wildman–Crippen LogP) is 5.87. The Balaban J connectivity index is 0.00000129. The molecule has 0 spiro atoms. The average molecular weight is 484 g/mol. The van der Waals surface area contributed by atoms with E-state index in [4.69, 9.17) is 21.4 Å². The summed E-state index contributed by atoms with van der Waals surface area (Å²) in [7, 11) is 1.56. The third-order valence-electron chi connectivity index (χ3n) is 4.48. The van der Waals surface area contributed by atoms with E-state index in [1.54, 1.807) is 32.2 Å². The molecule has 8 nitrogen and oxygen atoms in total. The fourth-order valence-corrected chi connectivity index (χ4v) is 3.09. The van der Waals surface area contributed by atoms with Crippen molar-refractivity contribution in [1.82, 2.24) is 9.97 Å². The first-order valence-electron chi connectivity index (χ1n) is 10.7. The number of aliphatic hydroxyl groups is 1. The molecule has 9 heteroatoms. The molecule has 0 radical (unpaired) electrons. The lowest BCUT2D eigenvalue weighted by Crippen LogP contribution is -2.08. The van der Waals surface area contributed by atoms with Crippen molar-refractivity contribution in [3.63, 3.8) is 0 Å². The van der Waals surface area contributed by atoms with Crippen LogP contribution in [0.2, 0.25) is 5.02 Å². The molecule has 0 saturated carbocycles. The highest BCUT2D eigenvalue weighted by Gasteiger charge is 2.12. The Kier molecular flexibility index (Phi) is 10.3. The van der Waals surface area contributed by atoms with Gasteiger partial charge in [-0.15, -0.1) is 0 Å². The van der Waals surface area contributed by atoms with Crippen LogP contribution < -0.4 is 20.7 Å². The first-order chi connectivity index (χ1) is 16.3. The summed E-state index contributed by atoms with van der Waals surface area (Å²) in [5.74, 6) is 1.38. The molecule has 1 heterocycles. The van der Waals surface area contributed by atoms with Crippen LogP contribution in [-0.4, -0.2) is 34.7 Å². The smallest absolute Gasteiger partial charge is 0.247 e. The van der Waals surface area contributed by atoms with Gasteiger partial charge in [-0.3, -0.25) is 4.79 Å². The lowest BCUT2D eigenvalue weighted by Gasteiger charge is -2.16. The van der Waals surface area contributed by atoms with E-state index >= 15 is 0 Å². The molecule has 180 valence electrons. The summed E-state index contributed by atoms with van der Waals surface area (Å²) in [6.45, 7) is 9.64. The molecule has 0 saturated heterocycles. The van der Waals surface area contributed by atoms with Crippen LogP contribution in [0, 0.1) is 0 Å². The van der Waals surface area contributed by atoms with Gasteiger partial charge in [0, 0.05) is 18.0 Å². The molecule has 3 aromatic rings. The Bertz CT molecular complexity index is 1120. The average Bonchev–Trinajstić information content (AvgIpc) is 2.82. The minimum absolute atomic E-state index is 0.250. The molecule has 0 fully saturated rings. The highest BCUT2D eigenvalue weighted by molar-refractivity contribution is 6.32. The van der Waals surface area contributed by atoms with Crippen molar-refractivity contribution in [1.29, 1.82) is 0 Å². The number of para-hydroxylation sites is 1. The Labute approximate surface area is 205 Å². The zero-order chi connectivity index (χ0) is 25.1. The van der Waals surface area contributed by atoms with Crippen molar-refractivity contribution in [3.05, 3.63) is 71.9 Å². The monoisotopic (exact) mass is 483 g/mol. The van der Waals surface area contributed by atoms with E-state index in [0.717, 1.165) is 11.3 Å². The van der Waals surface area contributed by atoms with E-state index in [9.17, 15) is 4.79 Å². The number of rotatable bonds is 8. The van der Waals surface area contributed by atoms with E-state index < -0.39 is 0 Å². The molecule has 0 unspecified atom stereocenters. The number of carbonyl (C=O) groups is 1. The maximum absolute atomic E-state index is 11.6. The van der Waals surface area contributed by atoms with Crippen LogP contribution in [0.5, 0.6) is 5.75 Å². The number of aromatic nitrogens is 2. The van der Waals surface area contributed by atoms with Gasteiger partial charge in [-0.25, -0.2) is 4.98 Å². The van der Waals surface area contributed by atoms with Gasteiger partial charge in [0.2, 0.25) is 11.9 Å². The maximum Gasteiger partial charge on any atom is 0.247 e. The number of methoxy groups -OCH3 is 1. The number of nitrogens with one attached hydrogen (secondary N) is 3. The molecule has 3 rings (SSSR count). The zero-order valence-corrected chi connectivity index (χ0v) is 20.5. The number of hydrogen-bond donors (Lipinski definition) is 4. The minimum Gasteiger partial charge on any atom is -0.495 e. The number of hydrogen-bond acceptors (Lipinski definition) is 7. The number of amides is 1. The molecule has 0 aliphatic heterocycles. The molecule has 0 bridgehead atoms. The van der Waals surface area contributed by atoms with Crippen LogP contribution in [0.25, 0.3) is 0 Å². The SMILES string of the molecule is C=CC(=O)Nc1ccc(OC)c(Nc2ncc(Cl)c(Nc3ccccc3C(C)C)n2)c1.CCO. The molecular weight excluding hydrogens is 454 g/mol. The van der Waals surface area contributed by atoms with Crippen molar-refractivity contribution in [2.75, 3.05) is 29.7 Å². The third kappa shape index (κ3) is 7.47. The van der Waals surface area contributed by atoms with Gasteiger partial charge < -0.3 is 25.8 Å². The summed E-state index contributed by atoms with van der Waals surface area (Å²) in [5.41, 5.74) is 3.24. The summed E-state index contributed by atoms with van der Waals surface area (Å²) in [5, 5.41) is 17.1. The van der Waals surface area contributed by atoms with E-state index in [2.05, 4.69) is 52.4 Å². The van der Waals surface area contributed by atoms with Gasteiger partial charge in [-0.2, -0.15) is 4.98 Å². The topological polar surface area (TPSA) is 108 Å². The van der Waals surface area contributed by atoms with Crippen molar-refractivity contribution in [3.8, 4) is 5.75 Å². The maximum atomic E-state index is 11.6. The van der Waals surface area contributed by atoms with Crippen LogP contribution in [-0.2, 0) is 4.79 Å². The van der Waals surface area contributed by atoms with Crippen LogP contribution >= 0.6 is 11.6 Å². The fraction of sp³-hybridized carbons (Fsp3) is 0.240. The first kappa shape index (κ1) is 26.6. The Morgan fingerprint density at radius 2 is 1.91 bits per heavy atom. The number of ether oxygens (including phenoxy) is 1. The molecule has 0 aliphatic carbocycles. The Hall–Kier alpha value is -3.62. The minimum atomic E-state index is -0.311. The lowest BCUT2D eigenvalue weighted by atomic mass is 10.0. The standard InChI is InChI=1S/C23H24ClN5O2.C2H6O/c1-5-21(30)26-15-10-11-20(31-4)19(12-15)28-23-25-13-17(24)22(29-23)27-18-9-7-6-8-16(18)14(2)3;1-2-3/h5-14H,1H2,2-4H3,(H,26,30)(H2,25,27,28,29);3H,2H2,1H3. The summed E-state index contributed by atoms with van der Waals surface area (Å²) in [4.78, 5) is 20.4. The Morgan fingerprint density at radius 3 is 2.56 bits per heavy atom. The van der Waals surface area contributed by atoms with Crippen molar-refractivity contribution >= 4 is 46.3 Å². The quantitative estimate of drug-likeness (QED) is 0.296. The molecule has 0 aliphatic rings. The number of carbonyl (C=O) groups excluding carboxylic acids is 1. The van der Waals surface area contributed by atoms with Gasteiger partial charge in [0.25, 0.3) is 0 Å². The van der Waals surface area contributed by atoms with Crippen LogP contribution in [0.4, 0.5) is 28.8 Å². The molecule has 1 aromatic heterocycles. The van der Waals surface area contributed by atoms with E-state index in [1.807, 2.05) is 18.2 Å². The second kappa shape index (κ2) is 13.2. The molecule has 1 amide bonds. The highest BCUT2D eigenvalue weighted by Crippen LogP contribution is 2.32. The van der Waals surface area contributed by atoms with Crippen molar-refractivity contribution in [2.24, 2.45) is 0 Å². The third-order valence-corrected chi connectivity index (χ3v) is 4.76. The lowest BCUT2D eigenvalue weighted by molar-refractivity contribution is -0.111. The van der Waals surface area contributed by atoms with Gasteiger partial charge >= 0.3 is 0 Å². The van der Waals surface area contributed by atoms with E-state index in [0.29, 0.717) is 39.8 Å². The van der Waals surface area contributed by atoms with E-state index in [-0.39, 0.29) is 12.5 Å². The largest absolute Gasteiger partial charge is 0.495 e. The van der Waals surface area contributed by atoms with Crippen molar-refractivity contribution in [2.45, 2.75) is 26.7 Å². The first-order valence-corrected chi connectivity index (χ1v) is 11.1. The number of halogens is 1. The van der Waals surface area contributed by atoms with Gasteiger partial charge in [-0.1, -0.05) is 50.2 Å².